The molecule has 1 aliphatic heterocycles. The second-order valence-electron chi connectivity index (χ2n) is 4.67. The third-order valence-electron chi connectivity index (χ3n) is 3.28. The van der Waals surface area contributed by atoms with Crippen molar-refractivity contribution in [1.82, 2.24) is 5.32 Å². The molecule has 0 bridgehead atoms. The van der Waals surface area contributed by atoms with Crippen molar-refractivity contribution < 1.29 is 18.7 Å². The standard InChI is InChI=1S/C14H17BrFNO3/c1-19-14(18)13(17-8-10-3-2-6-20-10)11-5-4-9(16)7-12(11)15/h4-5,7,10,13,17H,2-3,6,8H2,1H3. The van der Waals surface area contributed by atoms with Gasteiger partial charge in [0.15, 0.2) is 0 Å². The fourth-order valence-corrected chi connectivity index (χ4v) is 2.81. The average molecular weight is 346 g/mol. The molecule has 20 heavy (non-hydrogen) atoms. The average Bonchev–Trinajstić information content (AvgIpc) is 2.93. The molecule has 0 saturated carbocycles. The van der Waals surface area contributed by atoms with E-state index in [0.717, 1.165) is 19.4 Å². The molecule has 2 rings (SSSR count). The van der Waals surface area contributed by atoms with Crippen molar-refractivity contribution in [2.75, 3.05) is 20.3 Å². The van der Waals surface area contributed by atoms with E-state index in [1.165, 1.54) is 19.2 Å². The normalized spacial score (nSPS) is 19.9. The lowest BCUT2D eigenvalue weighted by Gasteiger charge is -2.20. The Balaban J connectivity index is 2.11. The molecule has 0 spiro atoms. The van der Waals surface area contributed by atoms with Crippen molar-refractivity contribution >= 4 is 21.9 Å². The smallest absolute Gasteiger partial charge is 0.327 e. The van der Waals surface area contributed by atoms with Crippen LogP contribution in [0, 0.1) is 5.82 Å². The summed E-state index contributed by atoms with van der Waals surface area (Å²) in [6.07, 6.45) is 2.13. The highest BCUT2D eigenvalue weighted by atomic mass is 79.9. The molecule has 0 amide bonds. The third-order valence-corrected chi connectivity index (χ3v) is 3.97. The van der Waals surface area contributed by atoms with Gasteiger partial charge in [0, 0.05) is 17.6 Å². The number of halogens is 2. The van der Waals surface area contributed by atoms with Gasteiger partial charge < -0.3 is 9.47 Å². The predicted octanol–water partition coefficient (Wildman–Crippen LogP) is 2.57. The number of methoxy groups -OCH3 is 1. The summed E-state index contributed by atoms with van der Waals surface area (Å²) in [7, 11) is 1.33. The van der Waals surface area contributed by atoms with Crippen molar-refractivity contribution in [3.8, 4) is 0 Å². The van der Waals surface area contributed by atoms with E-state index in [9.17, 15) is 9.18 Å². The topological polar surface area (TPSA) is 47.6 Å². The first kappa shape index (κ1) is 15.4. The van der Waals surface area contributed by atoms with Gasteiger partial charge in [-0.15, -0.1) is 0 Å². The van der Waals surface area contributed by atoms with Gasteiger partial charge in [-0.25, -0.2) is 9.18 Å². The van der Waals surface area contributed by atoms with E-state index >= 15 is 0 Å². The fourth-order valence-electron chi connectivity index (χ4n) is 2.23. The number of esters is 1. The van der Waals surface area contributed by atoms with E-state index in [1.54, 1.807) is 6.07 Å². The summed E-state index contributed by atoms with van der Waals surface area (Å²) >= 11 is 3.28. The van der Waals surface area contributed by atoms with Crippen LogP contribution in [-0.2, 0) is 14.3 Å². The quantitative estimate of drug-likeness (QED) is 0.833. The molecule has 4 nitrogen and oxygen atoms in total. The summed E-state index contributed by atoms with van der Waals surface area (Å²) in [6.45, 7) is 1.32. The zero-order chi connectivity index (χ0) is 14.5. The Labute approximate surface area is 125 Å². The molecule has 1 aliphatic rings. The second kappa shape index (κ2) is 7.15. The van der Waals surface area contributed by atoms with Crippen molar-refractivity contribution in [2.24, 2.45) is 0 Å². The number of benzene rings is 1. The number of carbonyl (C=O) groups excluding carboxylic acids is 1. The van der Waals surface area contributed by atoms with Gasteiger partial charge in [0.05, 0.1) is 13.2 Å². The van der Waals surface area contributed by atoms with Gasteiger partial charge in [0.25, 0.3) is 0 Å². The van der Waals surface area contributed by atoms with E-state index in [4.69, 9.17) is 9.47 Å². The SMILES string of the molecule is COC(=O)C(NCC1CCCO1)c1ccc(F)cc1Br. The van der Waals surface area contributed by atoms with E-state index in [2.05, 4.69) is 21.2 Å². The summed E-state index contributed by atoms with van der Waals surface area (Å²) in [5.74, 6) is -0.765. The Morgan fingerprint density at radius 2 is 2.45 bits per heavy atom. The fraction of sp³-hybridized carbons (Fsp3) is 0.500. The number of ether oxygens (including phenoxy) is 2. The van der Waals surface area contributed by atoms with Crippen molar-refractivity contribution in [2.45, 2.75) is 25.0 Å². The Kier molecular flexibility index (Phi) is 5.51. The minimum absolute atomic E-state index is 0.112. The summed E-state index contributed by atoms with van der Waals surface area (Å²) in [5.41, 5.74) is 0.649. The Bertz CT molecular complexity index is 477. The van der Waals surface area contributed by atoms with Crippen LogP contribution in [0.1, 0.15) is 24.4 Å². The maximum absolute atomic E-state index is 13.1. The van der Waals surface area contributed by atoms with E-state index in [0.29, 0.717) is 16.6 Å². The summed E-state index contributed by atoms with van der Waals surface area (Å²) < 4.78 is 24.0. The molecule has 0 radical (unpaired) electrons. The summed E-state index contributed by atoms with van der Waals surface area (Å²) in [6, 6.07) is 3.59. The lowest BCUT2D eigenvalue weighted by Crippen LogP contribution is -2.35. The van der Waals surface area contributed by atoms with Gasteiger partial charge in [0.1, 0.15) is 11.9 Å². The number of hydrogen-bond donors (Lipinski definition) is 1. The van der Waals surface area contributed by atoms with Crippen LogP contribution in [0.15, 0.2) is 22.7 Å². The first-order chi connectivity index (χ1) is 9.61. The van der Waals surface area contributed by atoms with E-state index in [-0.39, 0.29) is 11.9 Å². The molecule has 2 unspecified atom stereocenters. The maximum atomic E-state index is 13.1. The number of hydrogen-bond acceptors (Lipinski definition) is 4. The number of nitrogens with one attached hydrogen (secondary N) is 1. The predicted molar refractivity (Wildman–Crippen MR) is 75.8 cm³/mol. The summed E-state index contributed by atoms with van der Waals surface area (Å²) in [4.78, 5) is 11.9. The van der Waals surface area contributed by atoms with Crippen molar-refractivity contribution in [1.29, 1.82) is 0 Å². The Morgan fingerprint density at radius 1 is 1.65 bits per heavy atom. The summed E-state index contributed by atoms with van der Waals surface area (Å²) in [5, 5.41) is 3.14. The van der Waals surface area contributed by atoms with Gasteiger partial charge in [-0.05, 0) is 30.5 Å². The van der Waals surface area contributed by atoms with Gasteiger partial charge >= 0.3 is 5.97 Å². The highest BCUT2D eigenvalue weighted by Gasteiger charge is 2.25. The molecule has 2 atom stereocenters. The minimum atomic E-state index is -0.640. The van der Waals surface area contributed by atoms with Gasteiger partial charge in [0.2, 0.25) is 0 Å². The monoisotopic (exact) mass is 345 g/mol. The molecule has 1 saturated heterocycles. The molecule has 6 heteroatoms. The van der Waals surface area contributed by atoms with Crippen LogP contribution in [0.5, 0.6) is 0 Å². The zero-order valence-corrected chi connectivity index (χ0v) is 12.8. The second-order valence-corrected chi connectivity index (χ2v) is 5.52. The largest absolute Gasteiger partial charge is 0.468 e. The van der Waals surface area contributed by atoms with Crippen LogP contribution in [0.3, 0.4) is 0 Å². The van der Waals surface area contributed by atoms with Crippen molar-refractivity contribution in [3.63, 3.8) is 0 Å². The molecule has 110 valence electrons. The van der Waals surface area contributed by atoms with Gasteiger partial charge in [-0.1, -0.05) is 22.0 Å². The number of rotatable bonds is 5. The van der Waals surface area contributed by atoms with Crippen LogP contribution in [0.4, 0.5) is 4.39 Å². The molecule has 1 heterocycles. The molecule has 1 aromatic carbocycles. The van der Waals surface area contributed by atoms with E-state index in [1.807, 2.05) is 0 Å². The Morgan fingerprint density at radius 3 is 3.05 bits per heavy atom. The van der Waals surface area contributed by atoms with Gasteiger partial charge in [-0.3, -0.25) is 5.32 Å². The lowest BCUT2D eigenvalue weighted by molar-refractivity contribution is -0.143. The molecule has 1 fully saturated rings. The van der Waals surface area contributed by atoms with Crippen LogP contribution >= 0.6 is 15.9 Å². The molecule has 1 aromatic rings. The highest BCUT2D eigenvalue weighted by Crippen LogP contribution is 2.26. The van der Waals surface area contributed by atoms with Crippen LogP contribution in [-0.4, -0.2) is 32.3 Å². The van der Waals surface area contributed by atoms with Crippen LogP contribution < -0.4 is 5.32 Å². The molecular formula is C14H17BrFNO3. The number of carbonyl (C=O) groups is 1. The molecular weight excluding hydrogens is 329 g/mol. The zero-order valence-electron chi connectivity index (χ0n) is 11.2. The first-order valence-electron chi connectivity index (χ1n) is 6.49. The Hall–Kier alpha value is -0.980. The van der Waals surface area contributed by atoms with Crippen molar-refractivity contribution in [3.05, 3.63) is 34.1 Å². The molecule has 1 N–H and O–H groups in total. The minimum Gasteiger partial charge on any atom is -0.468 e. The highest BCUT2D eigenvalue weighted by molar-refractivity contribution is 9.10. The maximum Gasteiger partial charge on any atom is 0.327 e. The first-order valence-corrected chi connectivity index (χ1v) is 7.29. The van der Waals surface area contributed by atoms with Gasteiger partial charge in [-0.2, -0.15) is 0 Å². The third kappa shape index (κ3) is 3.77. The lowest BCUT2D eigenvalue weighted by atomic mass is 10.1. The molecule has 0 aromatic heterocycles. The van der Waals surface area contributed by atoms with Crippen LogP contribution in [0.2, 0.25) is 0 Å². The van der Waals surface area contributed by atoms with E-state index < -0.39 is 12.0 Å². The molecule has 0 aliphatic carbocycles. The van der Waals surface area contributed by atoms with Crippen LogP contribution in [0.25, 0.3) is 0 Å².